The monoisotopic (exact) mass is 149 g/mol. The second-order valence-electron chi connectivity index (χ2n) is 1.59. The molecular weight excluding hydrogens is 142 g/mol. The molecule has 0 aliphatic rings. The summed E-state index contributed by atoms with van der Waals surface area (Å²) in [7, 11) is 0. The first-order chi connectivity index (χ1) is 3.68. The predicted octanol–water partition coefficient (Wildman–Crippen LogP) is 2.22. The summed E-state index contributed by atoms with van der Waals surface area (Å²) < 4.78 is 0. The predicted molar refractivity (Wildman–Crippen MR) is 38.0 cm³/mol. The van der Waals surface area contributed by atoms with E-state index in [0.29, 0.717) is 0 Å². The summed E-state index contributed by atoms with van der Waals surface area (Å²) >= 11 is 6.85. The van der Waals surface area contributed by atoms with Crippen LogP contribution in [0.4, 0.5) is 0 Å². The topological polar surface area (TPSA) is 23.8 Å². The summed E-state index contributed by atoms with van der Waals surface area (Å²) in [5.74, 6) is 0. The number of thioether (sulfide) groups is 1. The maximum Gasteiger partial charge on any atom is 0.133 e. The fourth-order valence-corrected chi connectivity index (χ4v) is 0.685. The highest BCUT2D eigenvalue weighted by molar-refractivity contribution is 8.04. The van der Waals surface area contributed by atoms with E-state index < -0.39 is 0 Å². The van der Waals surface area contributed by atoms with Crippen LogP contribution in [0.15, 0.2) is 0 Å². The third-order valence-corrected chi connectivity index (χ3v) is 2.30. The highest BCUT2D eigenvalue weighted by atomic mass is 35.5. The largest absolute Gasteiger partial charge is 0.185 e. The average Bonchev–Trinajstić information content (AvgIpc) is 1.67. The number of hydrogen-bond donors (Lipinski definition) is 0. The van der Waals surface area contributed by atoms with Gasteiger partial charge in [0.25, 0.3) is 0 Å². The molecule has 0 aromatic rings. The van der Waals surface area contributed by atoms with Crippen molar-refractivity contribution in [2.45, 2.75) is 24.5 Å². The molecule has 0 saturated carbocycles. The van der Waals surface area contributed by atoms with Gasteiger partial charge in [0.1, 0.15) is 5.40 Å². The minimum absolute atomic E-state index is 0.0830. The van der Waals surface area contributed by atoms with Crippen molar-refractivity contribution >= 4 is 23.4 Å². The highest BCUT2D eigenvalue weighted by Gasteiger charge is 2.07. The molecule has 3 heteroatoms. The third kappa shape index (κ3) is 3.17. The molecule has 0 amide bonds. The molecule has 0 unspecified atom stereocenters. The smallest absolute Gasteiger partial charge is 0.133 e. The zero-order chi connectivity index (χ0) is 6.57. The van der Waals surface area contributed by atoms with Crippen molar-refractivity contribution in [1.29, 1.82) is 5.26 Å². The zero-order valence-electron chi connectivity index (χ0n) is 4.89. The lowest BCUT2D eigenvalue weighted by Gasteiger charge is -2.05. The standard InChI is InChI=1S/C5H8ClNS/c1-4(6)5(2)8-3-7/h4-5H,1-2H3/t4-,5+/m1/s1. The van der Waals surface area contributed by atoms with Gasteiger partial charge in [-0.25, -0.2) is 0 Å². The van der Waals surface area contributed by atoms with E-state index in [4.69, 9.17) is 16.9 Å². The van der Waals surface area contributed by atoms with Crippen LogP contribution in [-0.4, -0.2) is 10.6 Å². The second-order valence-corrected chi connectivity index (χ2v) is 3.44. The number of nitriles is 1. The normalized spacial score (nSPS) is 16.8. The number of nitrogens with zero attached hydrogens (tertiary/aromatic N) is 1. The maximum atomic E-state index is 8.14. The zero-order valence-corrected chi connectivity index (χ0v) is 6.46. The SMILES string of the molecule is C[C@H](SC#N)[C@@H](C)Cl. The minimum Gasteiger partial charge on any atom is -0.185 e. The van der Waals surface area contributed by atoms with Gasteiger partial charge in [0.05, 0.1) is 0 Å². The molecule has 0 spiro atoms. The number of halogens is 1. The lowest BCUT2D eigenvalue weighted by molar-refractivity contribution is 0.919. The Bertz CT molecular complexity index is 97.1. The fourth-order valence-electron chi connectivity index (χ4n) is 0.177. The first-order valence-corrected chi connectivity index (χ1v) is 3.69. The molecule has 0 aliphatic carbocycles. The van der Waals surface area contributed by atoms with Crippen LogP contribution in [0.1, 0.15) is 13.8 Å². The van der Waals surface area contributed by atoms with E-state index in [2.05, 4.69) is 0 Å². The Kier molecular flexibility index (Phi) is 4.12. The Morgan fingerprint density at radius 3 is 2.25 bits per heavy atom. The first-order valence-electron chi connectivity index (χ1n) is 2.37. The Balaban J connectivity index is 3.35. The molecule has 1 nitrogen and oxygen atoms in total. The van der Waals surface area contributed by atoms with Gasteiger partial charge >= 0.3 is 0 Å². The van der Waals surface area contributed by atoms with Gasteiger partial charge in [0.15, 0.2) is 0 Å². The molecule has 0 radical (unpaired) electrons. The summed E-state index contributed by atoms with van der Waals surface area (Å²) in [5.41, 5.74) is 0. The van der Waals surface area contributed by atoms with E-state index >= 15 is 0 Å². The summed E-state index contributed by atoms with van der Waals surface area (Å²) in [6.07, 6.45) is 0. The lowest BCUT2D eigenvalue weighted by atomic mass is 10.4. The van der Waals surface area contributed by atoms with Gasteiger partial charge in [-0.2, -0.15) is 5.26 Å². The molecule has 0 rings (SSSR count). The van der Waals surface area contributed by atoms with Crippen LogP contribution in [0.25, 0.3) is 0 Å². The minimum atomic E-state index is 0.0830. The third-order valence-electron chi connectivity index (χ3n) is 0.885. The average molecular weight is 150 g/mol. The van der Waals surface area contributed by atoms with Gasteiger partial charge in [-0.05, 0) is 18.7 Å². The summed E-state index contributed by atoms with van der Waals surface area (Å²) in [4.78, 5) is 0. The molecule has 0 aromatic carbocycles. The van der Waals surface area contributed by atoms with E-state index in [1.54, 1.807) is 0 Å². The molecule has 0 heterocycles. The van der Waals surface area contributed by atoms with Gasteiger partial charge < -0.3 is 0 Å². The van der Waals surface area contributed by atoms with Gasteiger partial charge in [-0.1, -0.05) is 6.92 Å². The quantitative estimate of drug-likeness (QED) is 0.444. The highest BCUT2D eigenvalue weighted by Crippen LogP contribution is 2.15. The second kappa shape index (κ2) is 4.05. The van der Waals surface area contributed by atoms with Gasteiger partial charge in [0.2, 0.25) is 0 Å². The van der Waals surface area contributed by atoms with Gasteiger partial charge in [-0.3, -0.25) is 0 Å². The van der Waals surface area contributed by atoms with E-state index in [1.165, 1.54) is 11.8 Å². The molecular formula is C5H8ClNS. The molecule has 0 aliphatic heterocycles. The molecule has 8 heavy (non-hydrogen) atoms. The van der Waals surface area contributed by atoms with Crippen LogP contribution >= 0.6 is 23.4 Å². The Hall–Kier alpha value is 0.130. The van der Waals surface area contributed by atoms with Crippen molar-refractivity contribution < 1.29 is 0 Å². The van der Waals surface area contributed by atoms with Crippen molar-refractivity contribution in [3.05, 3.63) is 0 Å². The van der Waals surface area contributed by atoms with E-state index in [9.17, 15) is 0 Å². The van der Waals surface area contributed by atoms with Crippen LogP contribution in [0, 0.1) is 10.7 Å². The molecule has 46 valence electrons. The maximum absolute atomic E-state index is 8.14. The van der Waals surface area contributed by atoms with Crippen LogP contribution in [0.2, 0.25) is 0 Å². The summed E-state index contributed by atoms with van der Waals surface area (Å²) in [6.45, 7) is 3.82. The van der Waals surface area contributed by atoms with Crippen LogP contribution in [-0.2, 0) is 0 Å². The summed E-state index contributed by atoms with van der Waals surface area (Å²) in [5, 5.41) is 10.4. The van der Waals surface area contributed by atoms with Gasteiger partial charge in [0, 0.05) is 10.6 Å². The number of rotatable bonds is 2. The molecule has 0 bridgehead atoms. The molecule has 2 atom stereocenters. The lowest BCUT2D eigenvalue weighted by Crippen LogP contribution is -2.07. The van der Waals surface area contributed by atoms with Gasteiger partial charge in [-0.15, -0.1) is 11.6 Å². The fraction of sp³-hybridized carbons (Fsp3) is 0.800. The Morgan fingerprint density at radius 2 is 2.12 bits per heavy atom. The molecule has 0 aromatic heterocycles. The number of thiocyanates is 1. The van der Waals surface area contributed by atoms with E-state index in [1.807, 2.05) is 19.2 Å². The van der Waals surface area contributed by atoms with Crippen LogP contribution < -0.4 is 0 Å². The van der Waals surface area contributed by atoms with Crippen molar-refractivity contribution in [1.82, 2.24) is 0 Å². The molecule has 0 saturated heterocycles. The van der Waals surface area contributed by atoms with Crippen molar-refractivity contribution in [2.24, 2.45) is 0 Å². The van der Waals surface area contributed by atoms with Crippen molar-refractivity contribution in [3.8, 4) is 5.40 Å². The van der Waals surface area contributed by atoms with Crippen LogP contribution in [0.5, 0.6) is 0 Å². The summed E-state index contributed by atoms with van der Waals surface area (Å²) in [6, 6.07) is 0. The van der Waals surface area contributed by atoms with Crippen molar-refractivity contribution in [2.75, 3.05) is 0 Å². The molecule has 0 fully saturated rings. The first kappa shape index (κ1) is 8.13. The Labute approximate surface area is 59.0 Å². The van der Waals surface area contributed by atoms with Crippen molar-refractivity contribution in [3.63, 3.8) is 0 Å². The number of hydrogen-bond acceptors (Lipinski definition) is 2. The molecule has 0 N–H and O–H groups in total. The number of alkyl halides is 1. The Morgan fingerprint density at radius 1 is 1.62 bits per heavy atom. The van der Waals surface area contributed by atoms with E-state index in [-0.39, 0.29) is 10.6 Å². The van der Waals surface area contributed by atoms with E-state index in [0.717, 1.165) is 0 Å². The van der Waals surface area contributed by atoms with Crippen LogP contribution in [0.3, 0.4) is 0 Å².